The summed E-state index contributed by atoms with van der Waals surface area (Å²) in [5.41, 5.74) is 6.30. The lowest BCUT2D eigenvalue weighted by Gasteiger charge is -2.01. The maximum Gasteiger partial charge on any atom is 0.293 e. The minimum absolute atomic E-state index is 0.0139. The summed E-state index contributed by atoms with van der Waals surface area (Å²) in [4.78, 5) is 20.1. The van der Waals surface area contributed by atoms with E-state index >= 15 is 0 Å². The molecule has 0 fully saturated rings. The Bertz CT molecular complexity index is 483. The van der Waals surface area contributed by atoms with Crippen molar-refractivity contribution in [1.29, 1.82) is 0 Å². The summed E-state index contributed by atoms with van der Waals surface area (Å²) in [6.45, 7) is 1.69. The lowest BCUT2D eigenvalue weighted by molar-refractivity contribution is -0.384. The fraction of sp³-hybridized carbons (Fsp3) is 0.100. The predicted molar refractivity (Wildman–Crippen MR) is 55.2 cm³/mol. The summed E-state index contributed by atoms with van der Waals surface area (Å²) in [7, 11) is 0. The molecule has 1 aromatic carbocycles. The fourth-order valence-electron chi connectivity index (χ4n) is 1.14. The first kappa shape index (κ1) is 10.7. The molecule has 0 aromatic heterocycles. The van der Waals surface area contributed by atoms with Gasteiger partial charge in [0.2, 0.25) is 0 Å². The van der Waals surface area contributed by atoms with Gasteiger partial charge in [-0.1, -0.05) is 5.92 Å². The number of benzene rings is 1. The van der Waals surface area contributed by atoms with E-state index in [9.17, 15) is 14.9 Å². The van der Waals surface area contributed by atoms with Gasteiger partial charge in [-0.05, 0) is 24.5 Å². The fourth-order valence-corrected chi connectivity index (χ4v) is 1.14. The number of hydrogen-bond donors (Lipinski definition) is 1. The Morgan fingerprint density at radius 1 is 1.53 bits per heavy atom. The zero-order valence-corrected chi connectivity index (χ0v) is 7.98. The molecule has 0 aliphatic heterocycles. The van der Waals surface area contributed by atoms with Crippen LogP contribution in [0.4, 0.5) is 11.4 Å². The second-order valence-corrected chi connectivity index (χ2v) is 2.89. The van der Waals surface area contributed by atoms with Crippen molar-refractivity contribution in [3.8, 4) is 11.8 Å². The predicted octanol–water partition coefficient (Wildman–Crippen LogP) is 1.04. The molecule has 0 amide bonds. The highest BCUT2D eigenvalue weighted by atomic mass is 16.6. The number of nitrogens with two attached hydrogens (primary N) is 1. The van der Waals surface area contributed by atoms with Crippen molar-refractivity contribution >= 4 is 17.7 Å². The van der Waals surface area contributed by atoms with Gasteiger partial charge >= 0.3 is 0 Å². The van der Waals surface area contributed by atoms with Crippen molar-refractivity contribution in [2.45, 2.75) is 6.92 Å². The van der Waals surface area contributed by atoms with Crippen molar-refractivity contribution in [3.63, 3.8) is 0 Å². The molecule has 15 heavy (non-hydrogen) atoms. The van der Waals surface area contributed by atoms with Gasteiger partial charge in [-0.2, -0.15) is 0 Å². The molecule has 0 aliphatic rings. The zero-order valence-electron chi connectivity index (χ0n) is 7.98. The molecule has 5 nitrogen and oxygen atoms in total. The minimum Gasteiger partial charge on any atom is -0.392 e. The van der Waals surface area contributed by atoms with E-state index < -0.39 is 4.92 Å². The largest absolute Gasteiger partial charge is 0.392 e. The van der Waals surface area contributed by atoms with Crippen LogP contribution in [0.1, 0.15) is 11.1 Å². The van der Waals surface area contributed by atoms with Gasteiger partial charge in [0.25, 0.3) is 5.69 Å². The molecule has 0 aliphatic carbocycles. The summed E-state index contributed by atoms with van der Waals surface area (Å²) >= 11 is 0. The average Bonchev–Trinajstić information content (AvgIpc) is 2.18. The van der Waals surface area contributed by atoms with E-state index in [0.29, 0.717) is 17.4 Å². The first-order valence-corrected chi connectivity index (χ1v) is 4.06. The SMILES string of the molecule is Cc1cc(C#CC=O)c(N)c([N+](=O)[O-])c1. The molecule has 0 unspecified atom stereocenters. The number of nitrogens with zero attached hydrogens (tertiary/aromatic N) is 1. The molecular formula is C10H8N2O3. The Morgan fingerprint density at radius 3 is 2.73 bits per heavy atom. The van der Waals surface area contributed by atoms with E-state index in [2.05, 4.69) is 11.8 Å². The Morgan fingerprint density at radius 2 is 2.20 bits per heavy atom. The van der Waals surface area contributed by atoms with E-state index in [1.165, 1.54) is 6.07 Å². The molecule has 76 valence electrons. The topological polar surface area (TPSA) is 86.2 Å². The highest BCUT2D eigenvalue weighted by molar-refractivity contribution is 5.77. The van der Waals surface area contributed by atoms with Gasteiger partial charge in [0.15, 0.2) is 6.29 Å². The molecular weight excluding hydrogens is 196 g/mol. The van der Waals surface area contributed by atoms with Crippen molar-refractivity contribution in [2.75, 3.05) is 5.73 Å². The summed E-state index contributed by atoms with van der Waals surface area (Å²) in [6.07, 6.45) is 0.410. The van der Waals surface area contributed by atoms with Gasteiger partial charge in [-0.15, -0.1) is 0 Å². The van der Waals surface area contributed by atoms with Crippen molar-refractivity contribution < 1.29 is 9.72 Å². The van der Waals surface area contributed by atoms with Crippen LogP contribution in [0.5, 0.6) is 0 Å². The Kier molecular flexibility index (Phi) is 3.03. The third kappa shape index (κ3) is 2.31. The van der Waals surface area contributed by atoms with Crippen LogP contribution >= 0.6 is 0 Å². The maximum atomic E-state index is 10.6. The number of nitro benzene ring substituents is 1. The van der Waals surface area contributed by atoms with E-state index in [0.717, 1.165) is 0 Å². The highest BCUT2D eigenvalue weighted by Gasteiger charge is 2.14. The molecule has 0 atom stereocenters. The molecule has 0 spiro atoms. The molecule has 0 bridgehead atoms. The average molecular weight is 204 g/mol. The second-order valence-electron chi connectivity index (χ2n) is 2.89. The highest BCUT2D eigenvalue weighted by Crippen LogP contribution is 2.26. The summed E-state index contributed by atoms with van der Waals surface area (Å²) in [5, 5.41) is 10.6. The Labute approximate surface area is 86.0 Å². The third-order valence-corrected chi connectivity index (χ3v) is 1.76. The van der Waals surface area contributed by atoms with Crippen molar-refractivity contribution in [1.82, 2.24) is 0 Å². The number of nitro groups is 1. The second kappa shape index (κ2) is 4.24. The van der Waals surface area contributed by atoms with Crippen molar-refractivity contribution in [2.24, 2.45) is 0 Å². The molecule has 0 saturated carbocycles. The summed E-state index contributed by atoms with van der Waals surface area (Å²) in [5.74, 6) is 4.62. The van der Waals surface area contributed by atoms with Gasteiger partial charge in [0.1, 0.15) is 5.69 Å². The van der Waals surface area contributed by atoms with E-state index in [4.69, 9.17) is 5.73 Å². The van der Waals surface area contributed by atoms with Crippen LogP contribution in [-0.2, 0) is 4.79 Å². The number of aldehydes is 1. The van der Waals surface area contributed by atoms with Gasteiger partial charge < -0.3 is 5.73 Å². The number of nitrogen functional groups attached to an aromatic ring is 1. The number of aryl methyl sites for hydroxylation is 1. The van der Waals surface area contributed by atoms with E-state index in [-0.39, 0.29) is 11.4 Å². The molecule has 2 N–H and O–H groups in total. The van der Waals surface area contributed by atoms with Gasteiger partial charge in [0.05, 0.1) is 10.5 Å². The molecule has 0 heterocycles. The van der Waals surface area contributed by atoms with Crippen LogP contribution in [0.2, 0.25) is 0 Å². The summed E-state index contributed by atoms with van der Waals surface area (Å²) in [6, 6.07) is 2.96. The first-order chi connectivity index (χ1) is 7.06. The maximum absolute atomic E-state index is 10.6. The molecule has 1 rings (SSSR count). The van der Waals surface area contributed by atoms with Crippen LogP contribution in [0.15, 0.2) is 12.1 Å². The molecule has 5 heteroatoms. The molecule has 0 saturated heterocycles. The third-order valence-electron chi connectivity index (χ3n) is 1.76. The molecule has 1 aromatic rings. The molecule has 0 radical (unpaired) electrons. The lowest BCUT2D eigenvalue weighted by atomic mass is 10.1. The zero-order chi connectivity index (χ0) is 11.4. The van der Waals surface area contributed by atoms with Crippen LogP contribution in [-0.4, -0.2) is 11.2 Å². The number of hydrogen-bond acceptors (Lipinski definition) is 4. The number of anilines is 1. The standard InChI is InChI=1S/C10H8N2O3/c1-7-5-8(3-2-4-13)10(11)9(6-7)12(14)15/h4-6H,11H2,1H3. The number of rotatable bonds is 1. The quantitative estimate of drug-likeness (QED) is 0.243. The first-order valence-electron chi connectivity index (χ1n) is 4.06. The van der Waals surface area contributed by atoms with Crippen LogP contribution in [0.25, 0.3) is 0 Å². The van der Waals surface area contributed by atoms with Gasteiger partial charge in [0, 0.05) is 6.07 Å². The number of carbonyl (C=O) groups excluding carboxylic acids is 1. The number of carbonyl (C=O) groups is 1. The summed E-state index contributed by atoms with van der Waals surface area (Å²) < 4.78 is 0. The van der Waals surface area contributed by atoms with Crippen LogP contribution in [0, 0.1) is 28.9 Å². The van der Waals surface area contributed by atoms with Crippen molar-refractivity contribution in [3.05, 3.63) is 33.4 Å². The Balaban J connectivity index is 3.40. The van der Waals surface area contributed by atoms with E-state index in [1.54, 1.807) is 13.0 Å². The van der Waals surface area contributed by atoms with E-state index in [1.807, 2.05) is 0 Å². The normalized spacial score (nSPS) is 8.87. The Hall–Kier alpha value is -2.35. The van der Waals surface area contributed by atoms with Crippen LogP contribution in [0.3, 0.4) is 0 Å². The monoisotopic (exact) mass is 204 g/mol. The van der Waals surface area contributed by atoms with Gasteiger partial charge in [-0.3, -0.25) is 14.9 Å². The lowest BCUT2D eigenvalue weighted by Crippen LogP contribution is -1.99. The van der Waals surface area contributed by atoms with Gasteiger partial charge in [-0.25, -0.2) is 0 Å². The van der Waals surface area contributed by atoms with Crippen LogP contribution < -0.4 is 5.73 Å². The smallest absolute Gasteiger partial charge is 0.293 e. The minimum atomic E-state index is -0.575.